The highest BCUT2D eigenvalue weighted by Gasteiger charge is 2.14. The van der Waals surface area contributed by atoms with Gasteiger partial charge in [-0.2, -0.15) is 0 Å². The fourth-order valence-electron chi connectivity index (χ4n) is 2.41. The quantitative estimate of drug-likeness (QED) is 0.801. The number of hydrogen-bond donors (Lipinski definition) is 2. The van der Waals surface area contributed by atoms with Gasteiger partial charge in [-0.3, -0.25) is 4.79 Å². The number of carbonyl (C=O) groups is 2. The van der Waals surface area contributed by atoms with Crippen LogP contribution in [0.25, 0.3) is 0 Å². The smallest absolute Gasteiger partial charge is 0.337 e. The lowest BCUT2D eigenvalue weighted by Crippen LogP contribution is -2.18. The normalized spacial score (nSPS) is 10.3. The molecule has 1 amide bonds. The van der Waals surface area contributed by atoms with Crippen LogP contribution in [-0.4, -0.2) is 32.6 Å². The summed E-state index contributed by atoms with van der Waals surface area (Å²) in [6.45, 7) is 2.67. The van der Waals surface area contributed by atoms with E-state index in [2.05, 4.69) is 10.6 Å². The third-order valence-electron chi connectivity index (χ3n) is 3.81. The molecule has 24 heavy (non-hydrogen) atoms. The van der Waals surface area contributed by atoms with Crippen LogP contribution in [0.3, 0.4) is 0 Å². The Labute approximate surface area is 142 Å². The second-order valence-corrected chi connectivity index (χ2v) is 5.49. The largest absolute Gasteiger partial charge is 0.465 e. The van der Waals surface area contributed by atoms with Crippen molar-refractivity contribution in [1.82, 2.24) is 5.32 Å². The second kappa shape index (κ2) is 8.26. The van der Waals surface area contributed by atoms with Gasteiger partial charge in [-0.25, -0.2) is 4.79 Å². The van der Waals surface area contributed by atoms with Crippen molar-refractivity contribution >= 4 is 17.6 Å². The Morgan fingerprint density at radius 1 is 1.12 bits per heavy atom. The molecule has 0 aliphatic heterocycles. The number of esters is 1. The van der Waals surface area contributed by atoms with Gasteiger partial charge in [0.1, 0.15) is 0 Å². The number of amides is 1. The van der Waals surface area contributed by atoms with Gasteiger partial charge in [0.05, 0.1) is 12.7 Å². The summed E-state index contributed by atoms with van der Waals surface area (Å²) in [4.78, 5) is 24.3. The minimum atomic E-state index is -0.431. The highest BCUT2D eigenvalue weighted by Crippen LogP contribution is 2.19. The van der Waals surface area contributed by atoms with Gasteiger partial charge in [-0.15, -0.1) is 0 Å². The fraction of sp³-hybridized carbons (Fsp3) is 0.263. The van der Waals surface area contributed by atoms with Crippen LogP contribution in [0, 0.1) is 6.92 Å². The lowest BCUT2D eigenvalue weighted by atomic mass is 10.0. The van der Waals surface area contributed by atoms with Crippen molar-refractivity contribution in [3.63, 3.8) is 0 Å². The maximum atomic E-state index is 12.7. The van der Waals surface area contributed by atoms with E-state index in [0.717, 1.165) is 24.1 Å². The molecule has 2 aromatic rings. The van der Waals surface area contributed by atoms with Crippen LogP contribution in [0.1, 0.15) is 31.8 Å². The Morgan fingerprint density at radius 3 is 2.58 bits per heavy atom. The van der Waals surface area contributed by atoms with Gasteiger partial charge >= 0.3 is 5.97 Å². The van der Waals surface area contributed by atoms with E-state index >= 15 is 0 Å². The molecular weight excluding hydrogens is 304 g/mol. The van der Waals surface area contributed by atoms with Crippen molar-refractivity contribution in [2.24, 2.45) is 0 Å². The van der Waals surface area contributed by atoms with E-state index in [1.165, 1.54) is 7.11 Å². The summed E-state index contributed by atoms with van der Waals surface area (Å²) in [7, 11) is 3.21. The number of carbonyl (C=O) groups excluding carboxylic acids is 2. The van der Waals surface area contributed by atoms with Gasteiger partial charge in [0.25, 0.3) is 5.91 Å². The van der Waals surface area contributed by atoms with Crippen molar-refractivity contribution in [2.45, 2.75) is 13.3 Å². The second-order valence-electron chi connectivity index (χ2n) is 5.49. The van der Waals surface area contributed by atoms with Crippen molar-refractivity contribution in [2.75, 3.05) is 26.0 Å². The molecule has 126 valence electrons. The third-order valence-corrected chi connectivity index (χ3v) is 3.81. The summed E-state index contributed by atoms with van der Waals surface area (Å²) in [5.41, 5.74) is 3.50. The molecule has 2 aromatic carbocycles. The lowest BCUT2D eigenvalue weighted by Gasteiger charge is -2.12. The number of aryl methyl sites for hydroxylation is 1. The fourth-order valence-corrected chi connectivity index (χ4v) is 2.41. The molecule has 2 rings (SSSR count). The van der Waals surface area contributed by atoms with Crippen molar-refractivity contribution in [1.29, 1.82) is 0 Å². The number of nitrogens with one attached hydrogen (secondary N) is 2. The molecule has 0 saturated carbocycles. The average molecular weight is 326 g/mol. The van der Waals surface area contributed by atoms with Crippen molar-refractivity contribution < 1.29 is 14.3 Å². The predicted molar refractivity (Wildman–Crippen MR) is 94.5 cm³/mol. The van der Waals surface area contributed by atoms with E-state index in [1.807, 2.05) is 32.2 Å². The Bertz CT molecular complexity index is 741. The van der Waals surface area contributed by atoms with Gasteiger partial charge in [0.2, 0.25) is 0 Å². The molecule has 5 heteroatoms. The summed E-state index contributed by atoms with van der Waals surface area (Å²) in [6.07, 6.45) is 0.765. The number of rotatable bonds is 6. The molecule has 0 heterocycles. The third kappa shape index (κ3) is 4.20. The molecule has 0 fully saturated rings. The van der Waals surface area contributed by atoms with Gasteiger partial charge in [-0.1, -0.05) is 24.3 Å². The van der Waals surface area contributed by atoms with Crippen LogP contribution >= 0.6 is 0 Å². The Morgan fingerprint density at radius 2 is 1.88 bits per heavy atom. The standard InChI is InChI=1S/C19H22N2O3/c1-13-8-9-15(19(23)24-3)12-17(13)21-18(22)16-7-5-4-6-14(16)10-11-20-2/h4-9,12,20H,10-11H2,1-3H3,(H,21,22). The number of methoxy groups -OCH3 is 1. The number of likely N-dealkylation sites (N-methyl/N-ethyl adjacent to an activating group) is 1. The lowest BCUT2D eigenvalue weighted by molar-refractivity contribution is 0.0600. The molecule has 0 atom stereocenters. The van der Waals surface area contributed by atoms with E-state index < -0.39 is 5.97 Å². The number of hydrogen-bond acceptors (Lipinski definition) is 4. The zero-order valence-electron chi connectivity index (χ0n) is 14.2. The van der Waals surface area contributed by atoms with Crippen LogP contribution in [0.5, 0.6) is 0 Å². The van der Waals surface area contributed by atoms with Gasteiger partial charge in [0, 0.05) is 11.3 Å². The molecule has 2 N–H and O–H groups in total. The van der Waals surface area contributed by atoms with Crippen LogP contribution in [0.4, 0.5) is 5.69 Å². The zero-order chi connectivity index (χ0) is 17.5. The van der Waals surface area contributed by atoms with Gasteiger partial charge in [0.15, 0.2) is 0 Å². The molecule has 5 nitrogen and oxygen atoms in total. The van der Waals surface area contributed by atoms with Gasteiger partial charge < -0.3 is 15.4 Å². The SMILES string of the molecule is CNCCc1ccccc1C(=O)Nc1cc(C(=O)OC)ccc1C. The van der Waals surface area contributed by atoms with E-state index in [0.29, 0.717) is 16.8 Å². The van der Waals surface area contributed by atoms with Crippen LogP contribution in [0.2, 0.25) is 0 Å². The van der Waals surface area contributed by atoms with Crippen molar-refractivity contribution in [3.05, 3.63) is 64.7 Å². The molecule has 0 saturated heterocycles. The molecule has 0 bridgehead atoms. The molecule has 0 spiro atoms. The molecule has 0 unspecified atom stereocenters. The summed E-state index contributed by atoms with van der Waals surface area (Å²) < 4.78 is 4.73. The van der Waals surface area contributed by atoms with E-state index in [-0.39, 0.29) is 5.91 Å². The first-order valence-electron chi connectivity index (χ1n) is 7.79. The van der Waals surface area contributed by atoms with Crippen LogP contribution < -0.4 is 10.6 Å². The maximum Gasteiger partial charge on any atom is 0.337 e. The van der Waals surface area contributed by atoms with Crippen molar-refractivity contribution in [3.8, 4) is 0 Å². The topological polar surface area (TPSA) is 67.4 Å². The molecule has 0 aliphatic carbocycles. The Kier molecular flexibility index (Phi) is 6.09. The minimum absolute atomic E-state index is 0.188. The zero-order valence-corrected chi connectivity index (χ0v) is 14.2. The summed E-state index contributed by atoms with van der Waals surface area (Å²) in [5.74, 6) is -0.619. The van der Waals surface area contributed by atoms with Crippen LogP contribution in [0.15, 0.2) is 42.5 Å². The first-order chi connectivity index (χ1) is 11.6. The first-order valence-corrected chi connectivity index (χ1v) is 7.79. The Balaban J connectivity index is 2.25. The van der Waals surface area contributed by atoms with E-state index in [4.69, 9.17) is 4.74 Å². The van der Waals surface area contributed by atoms with Gasteiger partial charge in [-0.05, 0) is 56.3 Å². The molecule has 0 aliphatic rings. The summed E-state index contributed by atoms with van der Waals surface area (Å²) in [5, 5.41) is 5.98. The highest BCUT2D eigenvalue weighted by molar-refractivity contribution is 6.06. The maximum absolute atomic E-state index is 12.7. The number of anilines is 1. The van der Waals surface area contributed by atoms with Crippen LogP contribution in [-0.2, 0) is 11.2 Å². The highest BCUT2D eigenvalue weighted by atomic mass is 16.5. The molecule has 0 radical (unpaired) electrons. The average Bonchev–Trinajstić information content (AvgIpc) is 2.61. The monoisotopic (exact) mass is 326 g/mol. The first kappa shape index (κ1) is 17.7. The van der Waals surface area contributed by atoms with E-state index in [1.54, 1.807) is 24.3 Å². The summed E-state index contributed by atoms with van der Waals surface area (Å²) in [6, 6.07) is 12.6. The number of benzene rings is 2. The Hall–Kier alpha value is -2.66. The molecule has 0 aromatic heterocycles. The van der Waals surface area contributed by atoms with E-state index in [9.17, 15) is 9.59 Å². The number of ether oxygens (including phenoxy) is 1. The minimum Gasteiger partial charge on any atom is -0.465 e. The predicted octanol–water partition coefficient (Wildman–Crippen LogP) is 2.80. The molecular formula is C19H22N2O3. The summed E-state index contributed by atoms with van der Waals surface area (Å²) >= 11 is 0.